The zero-order chi connectivity index (χ0) is 18.2. The molecule has 25 heavy (non-hydrogen) atoms. The van der Waals surface area contributed by atoms with Gasteiger partial charge in [0.15, 0.2) is 0 Å². The molecule has 0 spiro atoms. The first kappa shape index (κ1) is 18.3. The van der Waals surface area contributed by atoms with Crippen molar-refractivity contribution in [3.63, 3.8) is 0 Å². The number of nitrogens with zero attached hydrogens (tertiary/aromatic N) is 2. The number of nitrogens with one attached hydrogen (secondary N) is 1. The van der Waals surface area contributed by atoms with Gasteiger partial charge in [-0.15, -0.1) is 0 Å². The lowest BCUT2D eigenvalue weighted by Gasteiger charge is -2.21. The van der Waals surface area contributed by atoms with Crippen LogP contribution in [0, 0.1) is 0 Å². The van der Waals surface area contributed by atoms with Gasteiger partial charge >= 0.3 is 0 Å². The van der Waals surface area contributed by atoms with Gasteiger partial charge in [0.2, 0.25) is 0 Å². The minimum absolute atomic E-state index is 0.111. The van der Waals surface area contributed by atoms with E-state index in [1.54, 1.807) is 36.4 Å². The van der Waals surface area contributed by atoms with Crippen LogP contribution in [-0.2, 0) is 0 Å². The van der Waals surface area contributed by atoms with Crippen molar-refractivity contribution in [1.29, 1.82) is 0 Å². The van der Waals surface area contributed by atoms with E-state index in [2.05, 4.69) is 29.3 Å². The predicted molar refractivity (Wildman–Crippen MR) is 99.7 cm³/mol. The van der Waals surface area contributed by atoms with Gasteiger partial charge in [0.25, 0.3) is 5.91 Å². The number of benzene rings is 2. The van der Waals surface area contributed by atoms with E-state index in [-0.39, 0.29) is 11.7 Å². The van der Waals surface area contributed by atoms with E-state index >= 15 is 0 Å². The summed E-state index contributed by atoms with van der Waals surface area (Å²) < 4.78 is 5.15. The molecule has 0 saturated carbocycles. The topological polar surface area (TPSA) is 74.2 Å². The molecule has 0 aliphatic rings. The Hall–Kier alpha value is -3.02. The van der Waals surface area contributed by atoms with Gasteiger partial charge in [0.05, 0.1) is 18.9 Å². The lowest BCUT2D eigenvalue weighted by atomic mass is 10.2. The van der Waals surface area contributed by atoms with Gasteiger partial charge in [0.1, 0.15) is 11.5 Å². The number of methoxy groups -OCH3 is 1. The summed E-state index contributed by atoms with van der Waals surface area (Å²) in [6.07, 6.45) is 1.41. The maximum Gasteiger partial charge on any atom is 0.275 e. The molecule has 132 valence electrons. The molecular formula is C19H23N3O3. The molecule has 0 bridgehead atoms. The lowest BCUT2D eigenvalue weighted by molar-refractivity contribution is 0.0952. The second kappa shape index (κ2) is 8.73. The van der Waals surface area contributed by atoms with E-state index in [0.717, 1.165) is 18.8 Å². The van der Waals surface area contributed by atoms with Crippen LogP contribution in [-0.4, -0.2) is 37.4 Å². The number of hydrazone groups is 1. The Morgan fingerprint density at radius 3 is 2.60 bits per heavy atom. The summed E-state index contributed by atoms with van der Waals surface area (Å²) in [4.78, 5) is 14.3. The zero-order valence-electron chi connectivity index (χ0n) is 14.7. The predicted octanol–water partition coefficient (Wildman–Crippen LogP) is 3.01. The molecule has 2 rings (SSSR count). The number of anilines is 1. The van der Waals surface area contributed by atoms with E-state index < -0.39 is 0 Å². The first-order valence-electron chi connectivity index (χ1n) is 8.15. The SMILES string of the molecule is CCN(CC)c1ccc(C=NNC(=O)c2ccccc2OC)c(O)c1. The van der Waals surface area contributed by atoms with Crippen molar-refractivity contribution in [2.75, 3.05) is 25.1 Å². The van der Waals surface area contributed by atoms with Gasteiger partial charge < -0.3 is 14.7 Å². The Kier molecular flexibility index (Phi) is 6.39. The number of amides is 1. The van der Waals surface area contributed by atoms with Crippen LogP contribution in [0.5, 0.6) is 11.5 Å². The molecule has 0 aromatic heterocycles. The Morgan fingerprint density at radius 2 is 1.96 bits per heavy atom. The van der Waals surface area contributed by atoms with Gasteiger partial charge in [-0.25, -0.2) is 5.43 Å². The maximum atomic E-state index is 12.1. The summed E-state index contributed by atoms with van der Waals surface area (Å²) in [5.74, 6) is 0.203. The molecule has 6 heteroatoms. The molecule has 0 unspecified atom stereocenters. The normalized spacial score (nSPS) is 10.7. The summed E-state index contributed by atoms with van der Waals surface area (Å²) in [6, 6.07) is 12.3. The van der Waals surface area contributed by atoms with Gasteiger partial charge in [-0.2, -0.15) is 5.10 Å². The van der Waals surface area contributed by atoms with E-state index in [1.165, 1.54) is 13.3 Å². The molecule has 0 heterocycles. The Labute approximate surface area is 147 Å². The van der Waals surface area contributed by atoms with Crippen LogP contribution in [0.15, 0.2) is 47.6 Å². The summed E-state index contributed by atoms with van der Waals surface area (Å²) in [5.41, 5.74) is 4.30. The number of para-hydroxylation sites is 1. The fraction of sp³-hybridized carbons (Fsp3) is 0.263. The third-order valence-corrected chi connectivity index (χ3v) is 3.86. The Morgan fingerprint density at radius 1 is 1.24 bits per heavy atom. The highest BCUT2D eigenvalue weighted by atomic mass is 16.5. The van der Waals surface area contributed by atoms with Crippen LogP contribution >= 0.6 is 0 Å². The summed E-state index contributed by atoms with van der Waals surface area (Å²) in [7, 11) is 1.50. The average Bonchev–Trinajstić information content (AvgIpc) is 2.64. The first-order chi connectivity index (χ1) is 12.1. The van der Waals surface area contributed by atoms with Crippen molar-refractivity contribution in [2.24, 2.45) is 5.10 Å². The van der Waals surface area contributed by atoms with Crippen molar-refractivity contribution in [1.82, 2.24) is 5.43 Å². The third kappa shape index (κ3) is 4.50. The van der Waals surface area contributed by atoms with Crippen LogP contribution in [0.2, 0.25) is 0 Å². The van der Waals surface area contributed by atoms with Crippen LogP contribution in [0.3, 0.4) is 0 Å². The van der Waals surface area contributed by atoms with Gasteiger partial charge in [0, 0.05) is 30.4 Å². The molecule has 2 aromatic rings. The molecular weight excluding hydrogens is 318 g/mol. The highest BCUT2D eigenvalue weighted by Gasteiger charge is 2.10. The minimum Gasteiger partial charge on any atom is -0.507 e. The maximum absolute atomic E-state index is 12.1. The molecule has 2 aromatic carbocycles. The standard InChI is InChI=1S/C19H23N3O3/c1-4-22(5-2)15-11-10-14(17(23)12-15)13-20-21-19(24)16-8-6-7-9-18(16)25-3/h6-13,23H,4-5H2,1-3H3,(H,21,24). The van der Waals surface area contributed by atoms with Crippen molar-refractivity contribution in [3.05, 3.63) is 53.6 Å². The number of rotatable bonds is 7. The molecule has 0 fully saturated rings. The summed E-state index contributed by atoms with van der Waals surface area (Å²) in [5, 5.41) is 14.1. The van der Waals surface area contributed by atoms with Crippen molar-refractivity contribution >= 4 is 17.8 Å². The van der Waals surface area contributed by atoms with Crippen molar-refractivity contribution < 1.29 is 14.6 Å². The Bertz CT molecular complexity index is 755. The number of ether oxygens (including phenoxy) is 1. The molecule has 0 aliphatic carbocycles. The number of hydrogen-bond acceptors (Lipinski definition) is 5. The first-order valence-corrected chi connectivity index (χ1v) is 8.15. The number of phenols is 1. The number of carbonyl (C=O) groups is 1. The molecule has 6 nitrogen and oxygen atoms in total. The van der Waals surface area contributed by atoms with E-state index in [1.807, 2.05) is 6.07 Å². The van der Waals surface area contributed by atoms with E-state index in [4.69, 9.17) is 4.74 Å². The molecule has 0 aliphatic heterocycles. The van der Waals surface area contributed by atoms with Crippen LogP contribution in [0.1, 0.15) is 29.8 Å². The number of aromatic hydroxyl groups is 1. The second-order valence-electron chi connectivity index (χ2n) is 5.31. The quantitative estimate of drug-likeness (QED) is 0.600. The van der Waals surface area contributed by atoms with Gasteiger partial charge in [-0.3, -0.25) is 4.79 Å². The van der Waals surface area contributed by atoms with Crippen molar-refractivity contribution in [2.45, 2.75) is 13.8 Å². The highest BCUT2D eigenvalue weighted by molar-refractivity contribution is 5.97. The van der Waals surface area contributed by atoms with Crippen molar-refractivity contribution in [3.8, 4) is 11.5 Å². The smallest absolute Gasteiger partial charge is 0.275 e. The largest absolute Gasteiger partial charge is 0.507 e. The summed E-state index contributed by atoms with van der Waals surface area (Å²) in [6.45, 7) is 5.84. The van der Waals surface area contributed by atoms with Crippen LogP contribution in [0.4, 0.5) is 5.69 Å². The number of phenolic OH excluding ortho intramolecular Hbond substituents is 1. The van der Waals surface area contributed by atoms with E-state index in [9.17, 15) is 9.90 Å². The van der Waals surface area contributed by atoms with Gasteiger partial charge in [-0.05, 0) is 38.1 Å². The number of hydrogen-bond donors (Lipinski definition) is 2. The van der Waals surface area contributed by atoms with Crippen LogP contribution < -0.4 is 15.1 Å². The fourth-order valence-electron chi connectivity index (χ4n) is 2.48. The minimum atomic E-state index is -0.382. The van der Waals surface area contributed by atoms with E-state index in [0.29, 0.717) is 16.9 Å². The fourth-order valence-corrected chi connectivity index (χ4v) is 2.48. The lowest BCUT2D eigenvalue weighted by Crippen LogP contribution is -2.21. The molecule has 0 radical (unpaired) electrons. The molecule has 0 atom stereocenters. The monoisotopic (exact) mass is 341 g/mol. The third-order valence-electron chi connectivity index (χ3n) is 3.86. The molecule has 0 saturated heterocycles. The van der Waals surface area contributed by atoms with Crippen LogP contribution in [0.25, 0.3) is 0 Å². The average molecular weight is 341 g/mol. The summed E-state index contributed by atoms with van der Waals surface area (Å²) >= 11 is 0. The Balaban J connectivity index is 2.08. The second-order valence-corrected chi connectivity index (χ2v) is 5.31. The highest BCUT2D eigenvalue weighted by Crippen LogP contribution is 2.23. The van der Waals surface area contributed by atoms with Gasteiger partial charge in [-0.1, -0.05) is 12.1 Å². The number of carbonyl (C=O) groups excluding carboxylic acids is 1. The molecule has 1 amide bonds. The molecule has 2 N–H and O–H groups in total. The zero-order valence-corrected chi connectivity index (χ0v) is 14.7.